The molecule has 0 aromatic heterocycles. The van der Waals surface area contributed by atoms with Crippen molar-refractivity contribution in [2.24, 2.45) is 0 Å². The molecular weight excluding hydrogens is 178 g/mol. The van der Waals surface area contributed by atoms with Crippen molar-refractivity contribution in [3.05, 3.63) is 0 Å². The Balaban J connectivity index is 2.46. The minimum Gasteiger partial charge on any atom is -0.300 e. The summed E-state index contributed by atoms with van der Waals surface area (Å²) in [6.07, 6.45) is 6.62. The second kappa shape index (κ2) is 5.26. The van der Waals surface area contributed by atoms with E-state index in [2.05, 4.69) is 37.8 Å². The van der Waals surface area contributed by atoms with E-state index in [0.29, 0.717) is 4.87 Å². The van der Waals surface area contributed by atoms with Crippen LogP contribution in [-0.4, -0.2) is 16.7 Å². The Morgan fingerprint density at radius 3 is 2.77 bits per heavy atom. The Morgan fingerprint density at radius 2 is 2.23 bits per heavy atom. The van der Waals surface area contributed by atoms with E-state index in [1.165, 1.54) is 37.9 Å². The number of hydrogen-bond donors (Lipinski definition) is 1. The maximum absolute atomic E-state index is 3.78. The molecule has 13 heavy (non-hydrogen) atoms. The van der Waals surface area contributed by atoms with E-state index in [4.69, 9.17) is 0 Å². The van der Waals surface area contributed by atoms with Crippen molar-refractivity contribution in [3.63, 3.8) is 0 Å². The van der Waals surface area contributed by atoms with Gasteiger partial charge in [-0.1, -0.05) is 26.7 Å². The molecule has 0 bridgehead atoms. The Morgan fingerprint density at radius 1 is 1.46 bits per heavy atom. The van der Waals surface area contributed by atoms with Crippen molar-refractivity contribution in [1.82, 2.24) is 5.32 Å². The summed E-state index contributed by atoms with van der Waals surface area (Å²) >= 11 is 2.14. The molecule has 0 amide bonds. The van der Waals surface area contributed by atoms with Gasteiger partial charge in [0.1, 0.15) is 0 Å². The summed E-state index contributed by atoms with van der Waals surface area (Å²) in [5.74, 6) is 1.34. The van der Waals surface area contributed by atoms with Crippen LogP contribution < -0.4 is 5.32 Å². The van der Waals surface area contributed by atoms with Gasteiger partial charge in [-0.2, -0.15) is 0 Å². The first-order chi connectivity index (χ1) is 6.22. The van der Waals surface area contributed by atoms with E-state index >= 15 is 0 Å². The summed E-state index contributed by atoms with van der Waals surface area (Å²) in [5, 5.41) is 3.78. The van der Waals surface area contributed by atoms with Gasteiger partial charge in [0, 0.05) is 6.04 Å². The molecule has 1 nitrogen and oxygen atoms in total. The van der Waals surface area contributed by atoms with E-state index in [1.807, 2.05) is 0 Å². The lowest BCUT2D eigenvalue weighted by molar-refractivity contribution is 0.350. The van der Waals surface area contributed by atoms with Crippen molar-refractivity contribution in [2.45, 2.75) is 63.8 Å². The van der Waals surface area contributed by atoms with Crippen molar-refractivity contribution < 1.29 is 0 Å². The van der Waals surface area contributed by atoms with Gasteiger partial charge in [0.2, 0.25) is 0 Å². The van der Waals surface area contributed by atoms with Gasteiger partial charge in [-0.25, -0.2) is 0 Å². The Hall–Kier alpha value is 0.310. The molecule has 0 radical (unpaired) electrons. The first-order valence-corrected chi connectivity index (χ1v) is 6.62. The average molecular weight is 201 g/mol. The molecule has 1 aliphatic heterocycles. The minimum atomic E-state index is 0.410. The van der Waals surface area contributed by atoms with Gasteiger partial charge < -0.3 is 5.32 Å². The number of unbranched alkanes of at least 4 members (excludes halogenated alkanes) is 1. The van der Waals surface area contributed by atoms with Crippen LogP contribution in [0.1, 0.15) is 52.9 Å². The highest BCUT2D eigenvalue weighted by Gasteiger charge is 2.32. The lowest BCUT2D eigenvalue weighted by Gasteiger charge is -2.40. The molecule has 0 aliphatic carbocycles. The van der Waals surface area contributed by atoms with Crippen molar-refractivity contribution in [2.75, 3.05) is 5.75 Å². The van der Waals surface area contributed by atoms with Gasteiger partial charge in [0.25, 0.3) is 0 Å². The standard InChI is InChI=1S/C11H23NS/c1-4-6-8-11(5-2)12-10(3)7-9-13-11/h10,12H,4-9H2,1-3H3. The molecule has 1 aliphatic rings. The largest absolute Gasteiger partial charge is 0.300 e. The zero-order valence-corrected chi connectivity index (χ0v) is 10.0. The van der Waals surface area contributed by atoms with Crippen molar-refractivity contribution in [1.29, 1.82) is 0 Å². The van der Waals surface area contributed by atoms with E-state index in [-0.39, 0.29) is 0 Å². The highest BCUT2D eigenvalue weighted by atomic mass is 32.2. The molecule has 2 atom stereocenters. The minimum absolute atomic E-state index is 0.410. The molecule has 78 valence electrons. The number of thioether (sulfide) groups is 1. The molecule has 1 rings (SSSR count). The predicted molar refractivity (Wildman–Crippen MR) is 62.2 cm³/mol. The summed E-state index contributed by atoms with van der Waals surface area (Å²) in [6.45, 7) is 6.91. The summed E-state index contributed by atoms with van der Waals surface area (Å²) in [5.41, 5.74) is 0. The molecule has 0 spiro atoms. The van der Waals surface area contributed by atoms with E-state index in [9.17, 15) is 0 Å². The quantitative estimate of drug-likeness (QED) is 0.748. The van der Waals surface area contributed by atoms with Gasteiger partial charge in [-0.15, -0.1) is 11.8 Å². The maximum atomic E-state index is 3.78. The molecule has 0 aromatic carbocycles. The highest BCUT2D eigenvalue weighted by Crippen LogP contribution is 2.36. The van der Waals surface area contributed by atoms with E-state index in [1.54, 1.807) is 0 Å². The highest BCUT2D eigenvalue weighted by molar-refractivity contribution is 8.00. The van der Waals surface area contributed by atoms with Crippen LogP contribution >= 0.6 is 11.8 Å². The third-order valence-corrected chi connectivity index (χ3v) is 4.55. The number of rotatable bonds is 4. The molecule has 2 unspecified atom stereocenters. The third kappa shape index (κ3) is 3.17. The summed E-state index contributed by atoms with van der Waals surface area (Å²) in [6, 6.07) is 0.720. The van der Waals surface area contributed by atoms with E-state index < -0.39 is 0 Å². The SMILES string of the molecule is CCCCC1(CC)NC(C)CCS1. The molecular formula is C11H23NS. The van der Waals surface area contributed by atoms with Gasteiger partial charge in [0.15, 0.2) is 0 Å². The Labute approximate surface area is 87.1 Å². The van der Waals surface area contributed by atoms with E-state index in [0.717, 1.165) is 6.04 Å². The maximum Gasteiger partial charge on any atom is 0.0644 e. The van der Waals surface area contributed by atoms with Gasteiger partial charge >= 0.3 is 0 Å². The summed E-state index contributed by atoms with van der Waals surface area (Å²) in [4.78, 5) is 0.410. The van der Waals surface area contributed by atoms with Crippen LogP contribution in [0.3, 0.4) is 0 Å². The second-order valence-corrected chi connectivity index (χ2v) is 5.61. The molecule has 1 fully saturated rings. The molecule has 0 aromatic rings. The lowest BCUT2D eigenvalue weighted by atomic mass is 10.0. The fourth-order valence-corrected chi connectivity index (χ4v) is 3.62. The van der Waals surface area contributed by atoms with Gasteiger partial charge in [0.05, 0.1) is 4.87 Å². The summed E-state index contributed by atoms with van der Waals surface area (Å²) in [7, 11) is 0. The number of hydrogen-bond acceptors (Lipinski definition) is 2. The van der Waals surface area contributed by atoms with Crippen LogP contribution in [0.25, 0.3) is 0 Å². The average Bonchev–Trinajstić information content (AvgIpc) is 2.15. The fraction of sp³-hybridized carbons (Fsp3) is 1.00. The van der Waals surface area contributed by atoms with Crippen molar-refractivity contribution in [3.8, 4) is 0 Å². The summed E-state index contributed by atoms with van der Waals surface area (Å²) < 4.78 is 0. The van der Waals surface area contributed by atoms with Crippen LogP contribution in [0.2, 0.25) is 0 Å². The van der Waals surface area contributed by atoms with Crippen LogP contribution in [-0.2, 0) is 0 Å². The van der Waals surface area contributed by atoms with Crippen LogP contribution in [0.4, 0.5) is 0 Å². The van der Waals surface area contributed by atoms with Crippen LogP contribution in [0, 0.1) is 0 Å². The Bertz CT molecular complexity index is 149. The van der Waals surface area contributed by atoms with Crippen LogP contribution in [0.5, 0.6) is 0 Å². The number of nitrogens with one attached hydrogen (secondary N) is 1. The zero-order valence-electron chi connectivity index (χ0n) is 9.23. The normalized spacial score (nSPS) is 34.8. The van der Waals surface area contributed by atoms with Gasteiger partial charge in [-0.05, 0) is 31.9 Å². The predicted octanol–water partition coefficient (Wildman–Crippen LogP) is 3.40. The lowest BCUT2D eigenvalue weighted by Crippen LogP contribution is -2.50. The molecule has 1 saturated heterocycles. The molecule has 1 N–H and O–H groups in total. The first-order valence-electron chi connectivity index (χ1n) is 5.64. The third-order valence-electron chi connectivity index (χ3n) is 2.94. The van der Waals surface area contributed by atoms with Crippen LogP contribution in [0.15, 0.2) is 0 Å². The second-order valence-electron chi connectivity index (χ2n) is 4.13. The molecule has 1 heterocycles. The fourth-order valence-electron chi connectivity index (χ4n) is 1.98. The monoisotopic (exact) mass is 201 g/mol. The van der Waals surface area contributed by atoms with Crippen molar-refractivity contribution >= 4 is 11.8 Å². The molecule has 2 heteroatoms. The smallest absolute Gasteiger partial charge is 0.0644 e. The van der Waals surface area contributed by atoms with Gasteiger partial charge in [-0.3, -0.25) is 0 Å². The first kappa shape index (κ1) is 11.4. The molecule has 0 saturated carbocycles. The Kier molecular flexibility index (Phi) is 4.60. The zero-order chi connectivity index (χ0) is 9.73. The topological polar surface area (TPSA) is 12.0 Å².